The van der Waals surface area contributed by atoms with E-state index in [4.69, 9.17) is 11.6 Å². The summed E-state index contributed by atoms with van der Waals surface area (Å²) >= 11 is 5.90. The highest BCUT2D eigenvalue weighted by Crippen LogP contribution is 2.20. The molecule has 2 aromatic rings. The van der Waals surface area contributed by atoms with E-state index >= 15 is 0 Å². The molecule has 3 amide bonds. The molecule has 7 heteroatoms. The van der Waals surface area contributed by atoms with Crippen LogP contribution >= 0.6 is 11.6 Å². The largest absolute Gasteiger partial charge is 0.352 e. The Kier molecular flexibility index (Phi) is 7.69. The molecule has 0 bridgehead atoms. The van der Waals surface area contributed by atoms with Gasteiger partial charge in [-0.05, 0) is 54.8 Å². The molecule has 0 spiro atoms. The minimum Gasteiger partial charge on any atom is -0.352 e. The van der Waals surface area contributed by atoms with Gasteiger partial charge in [-0.25, -0.2) is 0 Å². The van der Waals surface area contributed by atoms with Crippen molar-refractivity contribution < 1.29 is 14.4 Å². The minimum absolute atomic E-state index is 0.0314. The molecule has 0 radical (unpaired) electrons. The van der Waals surface area contributed by atoms with Gasteiger partial charge in [-0.2, -0.15) is 0 Å². The summed E-state index contributed by atoms with van der Waals surface area (Å²) in [6, 6.07) is 14.2. The molecule has 1 atom stereocenters. The van der Waals surface area contributed by atoms with E-state index in [1.165, 1.54) is 0 Å². The first kappa shape index (κ1) is 22.8. The molecule has 1 saturated heterocycles. The van der Waals surface area contributed by atoms with Crippen molar-refractivity contribution in [1.29, 1.82) is 0 Å². The van der Waals surface area contributed by atoms with Gasteiger partial charge in [-0.1, -0.05) is 37.6 Å². The highest BCUT2D eigenvalue weighted by molar-refractivity contribution is 6.30. The summed E-state index contributed by atoms with van der Waals surface area (Å²) in [5.41, 5.74) is 2.26. The maximum Gasteiger partial charge on any atom is 0.253 e. The smallest absolute Gasteiger partial charge is 0.253 e. The van der Waals surface area contributed by atoms with E-state index in [0.717, 1.165) is 24.1 Å². The van der Waals surface area contributed by atoms with Gasteiger partial charge in [0.15, 0.2) is 0 Å². The van der Waals surface area contributed by atoms with E-state index in [-0.39, 0.29) is 29.6 Å². The van der Waals surface area contributed by atoms with Crippen molar-refractivity contribution in [2.45, 2.75) is 33.2 Å². The average Bonchev–Trinajstić information content (AvgIpc) is 2.78. The van der Waals surface area contributed by atoms with Crippen LogP contribution in [0.5, 0.6) is 0 Å². The van der Waals surface area contributed by atoms with Crippen molar-refractivity contribution in [3.05, 3.63) is 64.7 Å². The molecule has 0 saturated carbocycles. The van der Waals surface area contributed by atoms with Crippen LogP contribution in [0.2, 0.25) is 5.02 Å². The van der Waals surface area contributed by atoms with Crippen LogP contribution in [0.1, 0.15) is 42.6 Å². The number of amides is 3. The summed E-state index contributed by atoms with van der Waals surface area (Å²) in [6.07, 6.45) is 1.55. The second-order valence-corrected chi connectivity index (χ2v) is 8.59. The first-order valence-corrected chi connectivity index (χ1v) is 10.9. The topological polar surface area (TPSA) is 78.5 Å². The lowest BCUT2D eigenvalue weighted by Gasteiger charge is -2.32. The molecule has 31 heavy (non-hydrogen) atoms. The van der Waals surface area contributed by atoms with Gasteiger partial charge >= 0.3 is 0 Å². The third kappa shape index (κ3) is 6.31. The van der Waals surface area contributed by atoms with Crippen molar-refractivity contribution >= 4 is 35.0 Å². The zero-order valence-corrected chi connectivity index (χ0v) is 18.6. The second-order valence-electron chi connectivity index (χ2n) is 8.16. The van der Waals surface area contributed by atoms with Gasteiger partial charge in [0, 0.05) is 41.8 Å². The van der Waals surface area contributed by atoms with Gasteiger partial charge in [0.1, 0.15) is 0 Å². The van der Waals surface area contributed by atoms with Crippen molar-refractivity contribution in [1.82, 2.24) is 10.2 Å². The summed E-state index contributed by atoms with van der Waals surface area (Å²) in [5, 5.41) is 6.40. The third-order valence-corrected chi connectivity index (χ3v) is 5.64. The van der Waals surface area contributed by atoms with E-state index in [1.54, 1.807) is 29.2 Å². The normalized spacial score (nSPS) is 16.1. The molecule has 0 aromatic heterocycles. The number of carbonyl (C=O) groups excluding carboxylic acids is 3. The Morgan fingerprint density at radius 1 is 1.06 bits per heavy atom. The molecule has 164 valence electrons. The first-order valence-electron chi connectivity index (χ1n) is 10.6. The minimum atomic E-state index is -0.227. The number of carbonyl (C=O) groups is 3. The highest BCUT2D eigenvalue weighted by atomic mass is 35.5. The number of nitrogens with zero attached hydrogens (tertiary/aromatic N) is 1. The van der Waals surface area contributed by atoms with Crippen molar-refractivity contribution in [3.8, 4) is 0 Å². The Hall–Kier alpha value is -2.86. The average molecular weight is 442 g/mol. The third-order valence-electron chi connectivity index (χ3n) is 5.38. The number of benzene rings is 2. The molecule has 3 rings (SSSR count). The number of likely N-dealkylation sites (tertiary alicyclic amines) is 1. The standard InChI is InChI=1S/C24H28ClN3O3/c1-16(2)22(29)27-21-11-5-17(6-12-21)14-26-23(30)19-4-3-13-28(15-19)24(31)18-7-9-20(25)10-8-18/h5-12,16,19H,3-4,13-15H2,1-2H3,(H,26,30)(H,27,29). The van der Waals surface area contributed by atoms with Gasteiger partial charge in [0.25, 0.3) is 5.91 Å². The molecular weight excluding hydrogens is 414 g/mol. The van der Waals surface area contributed by atoms with Gasteiger partial charge < -0.3 is 15.5 Å². The van der Waals surface area contributed by atoms with E-state index in [1.807, 2.05) is 38.1 Å². The Labute approximate surface area is 188 Å². The first-order chi connectivity index (χ1) is 14.8. The van der Waals surface area contributed by atoms with Gasteiger partial charge in [-0.3, -0.25) is 14.4 Å². The Balaban J connectivity index is 1.51. The summed E-state index contributed by atoms with van der Waals surface area (Å²) < 4.78 is 0. The molecule has 0 aliphatic carbocycles. The molecule has 1 fully saturated rings. The fourth-order valence-corrected chi connectivity index (χ4v) is 3.60. The quantitative estimate of drug-likeness (QED) is 0.708. The number of hydrogen-bond donors (Lipinski definition) is 2. The predicted octanol–water partition coefficient (Wildman–Crippen LogP) is 4.10. The lowest BCUT2D eigenvalue weighted by atomic mass is 9.96. The van der Waals surface area contributed by atoms with E-state index in [0.29, 0.717) is 30.2 Å². The molecule has 1 aliphatic rings. The molecule has 1 aliphatic heterocycles. The molecule has 2 aromatic carbocycles. The van der Waals surface area contributed by atoms with Crippen LogP contribution in [0, 0.1) is 11.8 Å². The molecular formula is C24H28ClN3O3. The van der Waals surface area contributed by atoms with Crippen molar-refractivity contribution in [2.24, 2.45) is 11.8 Å². The van der Waals surface area contributed by atoms with E-state index in [9.17, 15) is 14.4 Å². The maximum absolute atomic E-state index is 12.7. The number of piperidine rings is 1. The number of hydrogen-bond acceptors (Lipinski definition) is 3. The number of halogens is 1. The van der Waals surface area contributed by atoms with Crippen LogP contribution in [0.4, 0.5) is 5.69 Å². The summed E-state index contributed by atoms with van der Waals surface area (Å²) in [4.78, 5) is 38.9. The maximum atomic E-state index is 12.7. The fraction of sp³-hybridized carbons (Fsp3) is 0.375. The van der Waals surface area contributed by atoms with Crippen LogP contribution in [-0.2, 0) is 16.1 Å². The molecule has 1 unspecified atom stereocenters. The zero-order chi connectivity index (χ0) is 22.4. The summed E-state index contributed by atoms with van der Waals surface area (Å²) in [6.45, 7) is 5.14. The van der Waals surface area contributed by atoms with Crippen LogP contribution in [0.3, 0.4) is 0 Å². The Morgan fingerprint density at radius 2 is 1.74 bits per heavy atom. The fourth-order valence-electron chi connectivity index (χ4n) is 3.48. The molecule has 6 nitrogen and oxygen atoms in total. The van der Waals surface area contributed by atoms with Crippen LogP contribution in [-0.4, -0.2) is 35.7 Å². The van der Waals surface area contributed by atoms with E-state index in [2.05, 4.69) is 10.6 Å². The lowest BCUT2D eigenvalue weighted by molar-refractivity contribution is -0.126. The van der Waals surface area contributed by atoms with Gasteiger partial charge in [0.2, 0.25) is 11.8 Å². The molecule has 2 N–H and O–H groups in total. The SMILES string of the molecule is CC(C)C(=O)Nc1ccc(CNC(=O)C2CCCN(C(=O)c3ccc(Cl)cc3)C2)cc1. The monoisotopic (exact) mass is 441 g/mol. The van der Waals surface area contributed by atoms with E-state index < -0.39 is 0 Å². The van der Waals surface area contributed by atoms with Gasteiger partial charge in [0.05, 0.1) is 5.92 Å². The van der Waals surface area contributed by atoms with Crippen LogP contribution < -0.4 is 10.6 Å². The lowest BCUT2D eigenvalue weighted by Crippen LogP contribution is -2.45. The number of rotatable bonds is 6. The Bertz CT molecular complexity index is 926. The summed E-state index contributed by atoms with van der Waals surface area (Å²) in [7, 11) is 0. The Morgan fingerprint density at radius 3 is 2.39 bits per heavy atom. The highest BCUT2D eigenvalue weighted by Gasteiger charge is 2.28. The van der Waals surface area contributed by atoms with Crippen LogP contribution in [0.15, 0.2) is 48.5 Å². The second kappa shape index (κ2) is 10.4. The number of anilines is 1. The predicted molar refractivity (Wildman–Crippen MR) is 122 cm³/mol. The van der Waals surface area contributed by atoms with Crippen molar-refractivity contribution in [3.63, 3.8) is 0 Å². The van der Waals surface area contributed by atoms with Crippen molar-refractivity contribution in [2.75, 3.05) is 18.4 Å². The molecule has 1 heterocycles. The van der Waals surface area contributed by atoms with Crippen LogP contribution in [0.25, 0.3) is 0 Å². The zero-order valence-electron chi connectivity index (χ0n) is 17.9. The summed E-state index contributed by atoms with van der Waals surface area (Å²) in [5.74, 6) is -0.467. The van der Waals surface area contributed by atoms with Gasteiger partial charge in [-0.15, -0.1) is 0 Å². The number of nitrogens with one attached hydrogen (secondary N) is 2.